The first-order chi connectivity index (χ1) is 9.13. The Kier molecular flexibility index (Phi) is 4.81. The average molecular weight is 322 g/mol. The first-order valence-electron chi connectivity index (χ1n) is 6.81. The first kappa shape index (κ1) is 14.3. The molecule has 0 spiro atoms. The third kappa shape index (κ3) is 3.27. The van der Waals surface area contributed by atoms with Crippen LogP contribution in [0.25, 0.3) is 0 Å². The lowest BCUT2D eigenvalue weighted by atomic mass is 10.1. The summed E-state index contributed by atoms with van der Waals surface area (Å²) in [6.45, 7) is 6.43. The Morgan fingerprint density at radius 1 is 1.47 bits per heavy atom. The summed E-state index contributed by atoms with van der Waals surface area (Å²) in [4.78, 5) is 14.7. The van der Waals surface area contributed by atoms with Crippen LogP contribution in [0.4, 0.5) is 0 Å². The van der Waals surface area contributed by atoms with E-state index in [1.54, 1.807) is 0 Å². The number of hydrogen-bond acceptors (Lipinski definition) is 1. The molecule has 1 aliphatic carbocycles. The van der Waals surface area contributed by atoms with Crippen molar-refractivity contribution in [1.29, 1.82) is 0 Å². The Balaban J connectivity index is 2.25. The summed E-state index contributed by atoms with van der Waals surface area (Å²) in [6.07, 6.45) is 6.49. The second kappa shape index (κ2) is 6.38. The minimum Gasteiger partial charge on any atom is -0.332 e. The summed E-state index contributed by atoms with van der Waals surface area (Å²) < 4.78 is 0.879. The molecule has 0 bridgehead atoms. The van der Waals surface area contributed by atoms with Crippen molar-refractivity contribution in [2.45, 2.75) is 38.6 Å². The zero-order chi connectivity index (χ0) is 13.8. The van der Waals surface area contributed by atoms with Gasteiger partial charge in [0.05, 0.1) is 5.56 Å². The van der Waals surface area contributed by atoms with Gasteiger partial charge in [0.2, 0.25) is 0 Å². The van der Waals surface area contributed by atoms with Gasteiger partial charge in [-0.05, 0) is 53.4 Å². The summed E-state index contributed by atoms with van der Waals surface area (Å²) in [5.74, 6) is 0.110. The molecule has 102 valence electrons. The lowest BCUT2D eigenvalue weighted by Crippen LogP contribution is -2.39. The predicted molar refractivity (Wildman–Crippen MR) is 82.4 cm³/mol. The number of halogens is 1. The second-order valence-electron chi connectivity index (χ2n) is 5.17. The van der Waals surface area contributed by atoms with Crippen LogP contribution in [-0.4, -0.2) is 23.4 Å². The fourth-order valence-corrected chi connectivity index (χ4v) is 3.36. The normalized spacial score (nSPS) is 15.5. The van der Waals surface area contributed by atoms with Crippen molar-refractivity contribution < 1.29 is 4.79 Å². The Morgan fingerprint density at radius 2 is 2.16 bits per heavy atom. The molecule has 1 fully saturated rings. The van der Waals surface area contributed by atoms with E-state index < -0.39 is 0 Å². The van der Waals surface area contributed by atoms with Crippen molar-refractivity contribution >= 4 is 21.8 Å². The van der Waals surface area contributed by atoms with E-state index in [2.05, 4.69) is 22.5 Å². The molecule has 19 heavy (non-hydrogen) atoms. The second-order valence-corrected chi connectivity index (χ2v) is 6.02. The van der Waals surface area contributed by atoms with Gasteiger partial charge in [-0.3, -0.25) is 4.79 Å². The van der Waals surface area contributed by atoms with Gasteiger partial charge in [-0.1, -0.05) is 25.0 Å². The summed E-state index contributed by atoms with van der Waals surface area (Å²) in [5, 5.41) is 0. The lowest BCUT2D eigenvalue weighted by Gasteiger charge is -2.28. The van der Waals surface area contributed by atoms with Crippen LogP contribution in [0.15, 0.2) is 35.3 Å². The third-order valence-electron chi connectivity index (χ3n) is 3.71. The van der Waals surface area contributed by atoms with Crippen LogP contribution in [0, 0.1) is 6.92 Å². The number of amides is 1. The number of carbonyl (C=O) groups excluding carboxylic acids is 1. The minimum absolute atomic E-state index is 0.110. The topological polar surface area (TPSA) is 20.3 Å². The molecule has 0 saturated heterocycles. The molecule has 0 aliphatic heterocycles. The van der Waals surface area contributed by atoms with E-state index in [1.165, 1.54) is 12.8 Å². The molecule has 3 heteroatoms. The molecule has 1 aliphatic rings. The molecule has 0 N–H and O–H groups in total. The molecular formula is C16H20BrNO. The van der Waals surface area contributed by atoms with E-state index >= 15 is 0 Å². The highest BCUT2D eigenvalue weighted by molar-refractivity contribution is 9.10. The van der Waals surface area contributed by atoms with E-state index in [4.69, 9.17) is 0 Å². The highest BCUT2D eigenvalue weighted by atomic mass is 79.9. The molecule has 2 nitrogen and oxygen atoms in total. The number of hydrogen-bond donors (Lipinski definition) is 0. The van der Waals surface area contributed by atoms with Crippen molar-refractivity contribution in [2.24, 2.45) is 0 Å². The van der Waals surface area contributed by atoms with Gasteiger partial charge in [0.15, 0.2) is 0 Å². The zero-order valence-corrected chi connectivity index (χ0v) is 12.9. The highest BCUT2D eigenvalue weighted by Gasteiger charge is 2.27. The van der Waals surface area contributed by atoms with Crippen LogP contribution < -0.4 is 0 Å². The maximum atomic E-state index is 12.7. The van der Waals surface area contributed by atoms with E-state index in [0.717, 1.165) is 28.4 Å². The summed E-state index contributed by atoms with van der Waals surface area (Å²) in [6, 6.07) is 6.26. The van der Waals surface area contributed by atoms with Crippen LogP contribution in [0.3, 0.4) is 0 Å². The Labute approximate surface area is 123 Å². The lowest BCUT2D eigenvalue weighted by molar-refractivity contribution is 0.0705. The quantitative estimate of drug-likeness (QED) is 0.756. The fourth-order valence-electron chi connectivity index (χ4n) is 2.70. The van der Waals surface area contributed by atoms with E-state index in [-0.39, 0.29) is 5.91 Å². The number of benzene rings is 1. The van der Waals surface area contributed by atoms with Gasteiger partial charge < -0.3 is 4.90 Å². The summed E-state index contributed by atoms with van der Waals surface area (Å²) >= 11 is 3.50. The van der Waals surface area contributed by atoms with Gasteiger partial charge in [0, 0.05) is 17.1 Å². The largest absolute Gasteiger partial charge is 0.332 e. The molecule has 1 saturated carbocycles. The van der Waals surface area contributed by atoms with E-state index in [0.29, 0.717) is 12.6 Å². The van der Waals surface area contributed by atoms with Crippen LogP contribution in [0.5, 0.6) is 0 Å². The SMILES string of the molecule is C=CCN(C(=O)c1ccc(C)cc1Br)C1CCCC1. The maximum Gasteiger partial charge on any atom is 0.255 e. The molecule has 0 atom stereocenters. The summed E-state index contributed by atoms with van der Waals surface area (Å²) in [7, 11) is 0. The Bertz CT molecular complexity index is 478. The zero-order valence-electron chi connectivity index (χ0n) is 11.4. The molecule has 0 heterocycles. The van der Waals surface area contributed by atoms with Crippen LogP contribution in [0.2, 0.25) is 0 Å². The van der Waals surface area contributed by atoms with Crippen LogP contribution in [-0.2, 0) is 0 Å². The van der Waals surface area contributed by atoms with Gasteiger partial charge in [0.1, 0.15) is 0 Å². The number of rotatable bonds is 4. The minimum atomic E-state index is 0.110. The van der Waals surface area contributed by atoms with Crippen molar-refractivity contribution in [3.63, 3.8) is 0 Å². The first-order valence-corrected chi connectivity index (χ1v) is 7.61. The van der Waals surface area contributed by atoms with Gasteiger partial charge >= 0.3 is 0 Å². The van der Waals surface area contributed by atoms with Gasteiger partial charge in [-0.25, -0.2) is 0 Å². The number of carbonyl (C=O) groups is 1. The highest BCUT2D eigenvalue weighted by Crippen LogP contribution is 2.27. The summed E-state index contributed by atoms with van der Waals surface area (Å²) in [5.41, 5.74) is 1.90. The smallest absolute Gasteiger partial charge is 0.255 e. The van der Waals surface area contributed by atoms with Gasteiger partial charge in [0.25, 0.3) is 5.91 Å². The van der Waals surface area contributed by atoms with Crippen LogP contribution >= 0.6 is 15.9 Å². The Morgan fingerprint density at radius 3 is 2.74 bits per heavy atom. The maximum absolute atomic E-state index is 12.7. The fraction of sp³-hybridized carbons (Fsp3) is 0.438. The molecule has 0 unspecified atom stereocenters. The Hall–Kier alpha value is -1.09. The predicted octanol–water partition coefficient (Wildman–Crippen LogP) is 4.33. The number of nitrogens with zero attached hydrogens (tertiary/aromatic N) is 1. The van der Waals surface area contributed by atoms with E-state index in [9.17, 15) is 4.79 Å². The van der Waals surface area contributed by atoms with Crippen molar-refractivity contribution in [1.82, 2.24) is 4.90 Å². The van der Waals surface area contributed by atoms with E-state index in [1.807, 2.05) is 36.1 Å². The van der Waals surface area contributed by atoms with Crippen molar-refractivity contribution in [2.75, 3.05) is 6.54 Å². The molecule has 0 aromatic heterocycles. The molecule has 1 aromatic rings. The number of aryl methyl sites for hydroxylation is 1. The van der Waals surface area contributed by atoms with Crippen molar-refractivity contribution in [3.05, 3.63) is 46.5 Å². The van der Waals surface area contributed by atoms with Crippen molar-refractivity contribution in [3.8, 4) is 0 Å². The molecule has 1 amide bonds. The average Bonchev–Trinajstić information content (AvgIpc) is 2.89. The standard InChI is InChI=1S/C16H20BrNO/c1-3-10-18(13-6-4-5-7-13)16(19)14-9-8-12(2)11-15(14)17/h3,8-9,11,13H,1,4-7,10H2,2H3. The molecule has 0 radical (unpaired) electrons. The molecular weight excluding hydrogens is 302 g/mol. The van der Waals surface area contributed by atoms with Gasteiger partial charge in [-0.2, -0.15) is 0 Å². The monoisotopic (exact) mass is 321 g/mol. The third-order valence-corrected chi connectivity index (χ3v) is 4.36. The van der Waals surface area contributed by atoms with Crippen LogP contribution in [0.1, 0.15) is 41.6 Å². The van der Waals surface area contributed by atoms with Gasteiger partial charge in [-0.15, -0.1) is 6.58 Å². The molecule has 2 rings (SSSR count). The molecule has 1 aromatic carbocycles.